The van der Waals surface area contributed by atoms with Crippen LogP contribution in [0.1, 0.15) is 16.8 Å². The van der Waals surface area contributed by atoms with Gasteiger partial charge < -0.3 is 20.3 Å². The molecule has 0 amide bonds. The number of carboxylic acids is 1. The second-order valence-corrected chi connectivity index (χ2v) is 6.36. The first-order valence-corrected chi connectivity index (χ1v) is 8.14. The van der Waals surface area contributed by atoms with Gasteiger partial charge in [0.1, 0.15) is 5.56 Å². The molecule has 1 aliphatic heterocycles. The molecule has 0 aliphatic carbocycles. The Morgan fingerprint density at radius 3 is 2.92 bits per heavy atom. The summed E-state index contributed by atoms with van der Waals surface area (Å²) in [6.07, 6.45) is 2.19. The average Bonchev–Trinajstić information content (AvgIpc) is 3.02. The molecule has 1 aromatic carbocycles. The van der Waals surface area contributed by atoms with Crippen LogP contribution in [0.3, 0.4) is 0 Å². The van der Waals surface area contributed by atoms with Gasteiger partial charge in [-0.3, -0.25) is 4.79 Å². The highest BCUT2D eigenvalue weighted by molar-refractivity contribution is 5.95. The summed E-state index contributed by atoms with van der Waals surface area (Å²) >= 11 is 0. The maximum Gasteiger partial charge on any atom is 0.341 e. The maximum atomic E-state index is 14.1. The lowest BCUT2D eigenvalue weighted by Gasteiger charge is -2.24. The zero-order chi connectivity index (χ0) is 18.1. The van der Waals surface area contributed by atoms with Crippen molar-refractivity contribution in [2.24, 2.45) is 5.92 Å². The Morgan fingerprint density at radius 2 is 2.28 bits per heavy atom. The van der Waals surface area contributed by atoms with Crippen molar-refractivity contribution >= 4 is 28.2 Å². The standard InChI is InChI=1S/C17H21FN4O3/c1-19-7-10-3-4-22(9-10)15-6-13-11(5-14(15)21(2)18)16(23)12(8-20-13)17(24)25/h5-6,8,10,19H,3-4,7,9H2,1-2H3,(H,20,23)(H,24,25). The molecule has 2 aromatic rings. The molecular formula is C17H21FN4O3. The summed E-state index contributed by atoms with van der Waals surface area (Å²) in [5.74, 6) is -0.830. The Labute approximate surface area is 144 Å². The normalized spacial score (nSPS) is 17.2. The quantitative estimate of drug-likeness (QED) is 0.711. The van der Waals surface area contributed by atoms with Crippen molar-refractivity contribution in [1.82, 2.24) is 10.3 Å². The van der Waals surface area contributed by atoms with Gasteiger partial charge in [-0.05, 0) is 38.1 Å². The highest BCUT2D eigenvalue weighted by Gasteiger charge is 2.26. The number of carbonyl (C=O) groups is 1. The van der Waals surface area contributed by atoms with Gasteiger partial charge >= 0.3 is 5.97 Å². The number of aromatic carboxylic acids is 1. The van der Waals surface area contributed by atoms with E-state index in [1.54, 1.807) is 6.07 Å². The van der Waals surface area contributed by atoms with Gasteiger partial charge in [0.15, 0.2) is 0 Å². The fraction of sp³-hybridized carbons (Fsp3) is 0.412. The summed E-state index contributed by atoms with van der Waals surface area (Å²) < 4.78 is 14.1. The number of halogens is 1. The number of fused-ring (bicyclic) bond motifs is 1. The van der Waals surface area contributed by atoms with Crippen molar-refractivity contribution in [1.29, 1.82) is 0 Å². The number of aromatic amines is 1. The SMILES string of the molecule is CNCC1CCN(c2cc3[nH]cc(C(=O)O)c(=O)c3cc2N(C)F)C1. The molecule has 1 unspecified atom stereocenters. The molecule has 2 heterocycles. The minimum absolute atomic E-state index is 0.161. The summed E-state index contributed by atoms with van der Waals surface area (Å²) in [4.78, 5) is 28.4. The second-order valence-electron chi connectivity index (χ2n) is 6.36. The number of pyridine rings is 1. The Bertz CT molecular complexity index is 865. The number of nitrogens with zero attached hydrogens (tertiary/aromatic N) is 2. The molecule has 134 valence electrons. The molecule has 1 fully saturated rings. The van der Waals surface area contributed by atoms with Gasteiger partial charge in [0.05, 0.1) is 16.9 Å². The van der Waals surface area contributed by atoms with Crippen LogP contribution in [0, 0.1) is 5.92 Å². The largest absolute Gasteiger partial charge is 0.477 e. The zero-order valence-corrected chi connectivity index (χ0v) is 14.2. The Morgan fingerprint density at radius 1 is 1.52 bits per heavy atom. The number of hydrogen-bond donors (Lipinski definition) is 3. The van der Waals surface area contributed by atoms with Crippen LogP contribution in [0.25, 0.3) is 10.9 Å². The predicted molar refractivity (Wildman–Crippen MR) is 95.3 cm³/mol. The van der Waals surface area contributed by atoms with E-state index in [0.29, 0.717) is 22.2 Å². The summed E-state index contributed by atoms with van der Waals surface area (Å²) in [6.45, 7) is 2.49. The van der Waals surface area contributed by atoms with Crippen LogP contribution in [0.5, 0.6) is 0 Å². The number of aromatic nitrogens is 1. The van der Waals surface area contributed by atoms with E-state index in [1.807, 2.05) is 7.05 Å². The Kier molecular flexibility index (Phi) is 4.63. The maximum absolute atomic E-state index is 14.1. The van der Waals surface area contributed by atoms with Crippen LogP contribution in [-0.4, -0.2) is 49.8 Å². The first-order chi connectivity index (χ1) is 11.9. The summed E-state index contributed by atoms with van der Waals surface area (Å²) in [6, 6.07) is 3.14. The number of rotatable bonds is 5. The molecule has 1 aliphatic rings. The summed E-state index contributed by atoms with van der Waals surface area (Å²) in [5.41, 5.74) is 0.460. The summed E-state index contributed by atoms with van der Waals surface area (Å²) in [5, 5.41) is 12.9. The number of benzene rings is 1. The van der Waals surface area contributed by atoms with E-state index < -0.39 is 11.4 Å². The van der Waals surface area contributed by atoms with Crippen molar-refractivity contribution in [3.63, 3.8) is 0 Å². The number of hydrogen-bond acceptors (Lipinski definition) is 5. The van der Waals surface area contributed by atoms with Crippen molar-refractivity contribution in [3.05, 3.63) is 34.1 Å². The van der Waals surface area contributed by atoms with Crippen LogP contribution in [0.15, 0.2) is 23.1 Å². The predicted octanol–water partition coefficient (Wildman–Crippen LogP) is 1.59. The van der Waals surface area contributed by atoms with Gasteiger partial charge in [0.25, 0.3) is 0 Å². The van der Waals surface area contributed by atoms with Gasteiger partial charge in [-0.2, -0.15) is 0 Å². The monoisotopic (exact) mass is 348 g/mol. The minimum atomic E-state index is -1.31. The van der Waals surface area contributed by atoms with Crippen LogP contribution in [0.4, 0.5) is 15.9 Å². The minimum Gasteiger partial charge on any atom is -0.477 e. The van der Waals surface area contributed by atoms with Gasteiger partial charge in [0, 0.05) is 31.7 Å². The topological polar surface area (TPSA) is 88.7 Å². The van der Waals surface area contributed by atoms with Crippen LogP contribution < -0.4 is 20.8 Å². The highest BCUT2D eigenvalue weighted by Crippen LogP contribution is 2.35. The lowest BCUT2D eigenvalue weighted by atomic mass is 10.1. The van der Waals surface area contributed by atoms with E-state index in [-0.39, 0.29) is 16.6 Å². The molecular weight excluding hydrogens is 327 g/mol. The van der Waals surface area contributed by atoms with E-state index in [2.05, 4.69) is 15.2 Å². The zero-order valence-electron chi connectivity index (χ0n) is 14.2. The van der Waals surface area contributed by atoms with Gasteiger partial charge in [-0.15, -0.1) is 4.48 Å². The Hall–Kier alpha value is -2.61. The van der Waals surface area contributed by atoms with Crippen LogP contribution in [0.2, 0.25) is 0 Å². The molecule has 1 aromatic heterocycles. The average molecular weight is 348 g/mol. The fourth-order valence-electron chi connectivity index (χ4n) is 3.41. The molecule has 3 rings (SSSR count). The van der Waals surface area contributed by atoms with Crippen LogP contribution >= 0.6 is 0 Å². The molecule has 1 atom stereocenters. The number of anilines is 2. The molecule has 0 spiro atoms. The van der Waals surface area contributed by atoms with E-state index in [0.717, 1.165) is 26.1 Å². The molecule has 3 N–H and O–H groups in total. The van der Waals surface area contributed by atoms with Crippen molar-refractivity contribution in [2.45, 2.75) is 6.42 Å². The van der Waals surface area contributed by atoms with Crippen molar-refractivity contribution in [2.75, 3.05) is 43.8 Å². The molecule has 8 heteroatoms. The van der Waals surface area contributed by atoms with E-state index >= 15 is 0 Å². The number of nitrogens with one attached hydrogen (secondary N) is 2. The third-order valence-electron chi connectivity index (χ3n) is 4.66. The first kappa shape index (κ1) is 17.2. The molecule has 0 bridgehead atoms. The van der Waals surface area contributed by atoms with E-state index in [4.69, 9.17) is 5.11 Å². The second kappa shape index (κ2) is 6.72. The van der Waals surface area contributed by atoms with Crippen molar-refractivity contribution < 1.29 is 14.4 Å². The molecule has 1 saturated heterocycles. The molecule has 0 saturated carbocycles. The van der Waals surface area contributed by atoms with Gasteiger partial charge in [-0.25, -0.2) is 9.92 Å². The fourth-order valence-corrected chi connectivity index (χ4v) is 3.41. The number of H-pyrrole nitrogens is 1. The van der Waals surface area contributed by atoms with Gasteiger partial charge in [0.2, 0.25) is 5.43 Å². The summed E-state index contributed by atoms with van der Waals surface area (Å²) in [7, 11) is 3.17. The van der Waals surface area contributed by atoms with Gasteiger partial charge in [-0.1, -0.05) is 0 Å². The van der Waals surface area contributed by atoms with E-state index in [1.165, 1.54) is 19.3 Å². The first-order valence-electron chi connectivity index (χ1n) is 8.14. The molecule has 7 nitrogen and oxygen atoms in total. The lowest BCUT2D eigenvalue weighted by Crippen LogP contribution is -2.25. The molecule has 0 radical (unpaired) electrons. The number of carboxylic acid groups (broad SMARTS) is 1. The Balaban J connectivity index is 2.10. The molecule has 25 heavy (non-hydrogen) atoms. The highest BCUT2D eigenvalue weighted by atomic mass is 19.2. The smallest absolute Gasteiger partial charge is 0.341 e. The lowest BCUT2D eigenvalue weighted by molar-refractivity contribution is 0.0695. The van der Waals surface area contributed by atoms with Crippen LogP contribution in [-0.2, 0) is 0 Å². The van der Waals surface area contributed by atoms with E-state index in [9.17, 15) is 14.1 Å². The van der Waals surface area contributed by atoms with Crippen molar-refractivity contribution in [3.8, 4) is 0 Å². The third-order valence-corrected chi connectivity index (χ3v) is 4.66. The third kappa shape index (κ3) is 3.17.